The third kappa shape index (κ3) is 3.88. The van der Waals surface area contributed by atoms with Crippen molar-refractivity contribution >= 4 is 11.6 Å². The Balaban J connectivity index is 1.66. The van der Waals surface area contributed by atoms with E-state index in [0.29, 0.717) is 18.1 Å². The van der Waals surface area contributed by atoms with Crippen LogP contribution in [0.3, 0.4) is 0 Å². The van der Waals surface area contributed by atoms with Gasteiger partial charge in [-0.2, -0.15) is 0 Å². The molecule has 0 saturated heterocycles. The molecular formula is C19H21NO2. The van der Waals surface area contributed by atoms with Gasteiger partial charge in [0.05, 0.1) is 5.69 Å². The lowest BCUT2D eigenvalue weighted by Crippen LogP contribution is -2.15. The Morgan fingerprint density at radius 3 is 2.45 bits per heavy atom. The SMILES string of the molecule is O=C(CC1CCCC1)Nc1ccccc1Oc1ccccc1. The molecule has 1 saturated carbocycles. The summed E-state index contributed by atoms with van der Waals surface area (Å²) in [4.78, 5) is 12.2. The molecule has 3 rings (SSSR count). The maximum Gasteiger partial charge on any atom is 0.224 e. The van der Waals surface area contributed by atoms with E-state index in [-0.39, 0.29) is 5.91 Å². The Morgan fingerprint density at radius 2 is 1.68 bits per heavy atom. The molecule has 0 unspecified atom stereocenters. The molecule has 0 aromatic heterocycles. The topological polar surface area (TPSA) is 38.3 Å². The van der Waals surface area contributed by atoms with E-state index in [9.17, 15) is 4.79 Å². The minimum atomic E-state index is 0.0796. The number of benzene rings is 2. The van der Waals surface area contributed by atoms with E-state index >= 15 is 0 Å². The van der Waals surface area contributed by atoms with Crippen LogP contribution in [0.1, 0.15) is 32.1 Å². The lowest BCUT2D eigenvalue weighted by Gasteiger charge is -2.13. The van der Waals surface area contributed by atoms with Crippen molar-refractivity contribution < 1.29 is 9.53 Å². The van der Waals surface area contributed by atoms with Crippen LogP contribution in [0.2, 0.25) is 0 Å². The van der Waals surface area contributed by atoms with E-state index in [1.807, 2.05) is 54.6 Å². The first-order valence-electron chi connectivity index (χ1n) is 7.93. The Morgan fingerprint density at radius 1 is 1.00 bits per heavy atom. The average molecular weight is 295 g/mol. The predicted molar refractivity (Wildman–Crippen MR) is 88.2 cm³/mol. The number of rotatable bonds is 5. The summed E-state index contributed by atoms with van der Waals surface area (Å²) in [7, 11) is 0. The largest absolute Gasteiger partial charge is 0.455 e. The number of nitrogens with one attached hydrogen (secondary N) is 1. The fourth-order valence-electron chi connectivity index (χ4n) is 2.95. The Bertz CT molecular complexity index is 618. The molecule has 3 nitrogen and oxygen atoms in total. The van der Waals surface area contributed by atoms with Gasteiger partial charge >= 0.3 is 0 Å². The number of anilines is 1. The highest BCUT2D eigenvalue weighted by molar-refractivity contribution is 5.92. The van der Waals surface area contributed by atoms with Crippen molar-refractivity contribution in [1.29, 1.82) is 0 Å². The molecule has 1 aliphatic rings. The fourth-order valence-corrected chi connectivity index (χ4v) is 2.95. The summed E-state index contributed by atoms with van der Waals surface area (Å²) in [5.41, 5.74) is 0.731. The fraction of sp³-hybridized carbons (Fsp3) is 0.316. The van der Waals surface area contributed by atoms with Crippen molar-refractivity contribution in [3.63, 3.8) is 0 Å². The van der Waals surface area contributed by atoms with Crippen molar-refractivity contribution in [3.05, 3.63) is 54.6 Å². The van der Waals surface area contributed by atoms with E-state index < -0.39 is 0 Å². The van der Waals surface area contributed by atoms with Crippen molar-refractivity contribution in [1.82, 2.24) is 0 Å². The van der Waals surface area contributed by atoms with Crippen LogP contribution in [0.25, 0.3) is 0 Å². The van der Waals surface area contributed by atoms with Gasteiger partial charge in [-0.3, -0.25) is 4.79 Å². The first-order valence-corrected chi connectivity index (χ1v) is 7.93. The molecule has 0 bridgehead atoms. The molecule has 0 radical (unpaired) electrons. The highest BCUT2D eigenvalue weighted by Crippen LogP contribution is 2.31. The van der Waals surface area contributed by atoms with E-state index in [2.05, 4.69) is 5.32 Å². The lowest BCUT2D eigenvalue weighted by molar-refractivity contribution is -0.117. The molecule has 0 spiro atoms. The molecule has 0 heterocycles. The third-order valence-corrected chi connectivity index (χ3v) is 4.08. The summed E-state index contributed by atoms with van der Waals surface area (Å²) in [6, 6.07) is 17.2. The summed E-state index contributed by atoms with van der Waals surface area (Å²) in [6.45, 7) is 0. The number of para-hydroxylation sites is 3. The summed E-state index contributed by atoms with van der Waals surface area (Å²) in [5.74, 6) is 2.06. The summed E-state index contributed by atoms with van der Waals surface area (Å²) in [6.07, 6.45) is 5.47. The number of amides is 1. The molecule has 1 N–H and O–H groups in total. The van der Waals surface area contributed by atoms with E-state index in [1.54, 1.807) is 0 Å². The number of ether oxygens (including phenoxy) is 1. The maximum atomic E-state index is 12.2. The minimum Gasteiger partial charge on any atom is -0.455 e. The average Bonchev–Trinajstić information content (AvgIpc) is 3.03. The standard InChI is InChI=1S/C19H21NO2/c21-19(14-15-8-4-5-9-15)20-17-12-6-7-13-18(17)22-16-10-2-1-3-11-16/h1-3,6-7,10-13,15H,4-5,8-9,14H2,(H,20,21). The van der Waals surface area contributed by atoms with Gasteiger partial charge in [0.2, 0.25) is 5.91 Å². The first-order chi connectivity index (χ1) is 10.8. The quantitative estimate of drug-likeness (QED) is 0.843. The molecule has 1 aliphatic carbocycles. The van der Waals surface area contributed by atoms with Gasteiger partial charge in [0.15, 0.2) is 5.75 Å². The Kier molecular flexibility index (Phi) is 4.74. The second kappa shape index (κ2) is 7.12. The Hall–Kier alpha value is -2.29. The van der Waals surface area contributed by atoms with E-state index in [4.69, 9.17) is 4.74 Å². The number of carbonyl (C=O) groups excluding carboxylic acids is 1. The van der Waals surface area contributed by atoms with Crippen LogP contribution >= 0.6 is 0 Å². The first kappa shape index (κ1) is 14.6. The minimum absolute atomic E-state index is 0.0796. The van der Waals surface area contributed by atoms with Crippen LogP contribution in [0.5, 0.6) is 11.5 Å². The zero-order chi connectivity index (χ0) is 15.2. The summed E-state index contributed by atoms with van der Waals surface area (Å²) < 4.78 is 5.87. The third-order valence-electron chi connectivity index (χ3n) is 4.08. The van der Waals surface area contributed by atoms with Crippen LogP contribution in [0.4, 0.5) is 5.69 Å². The van der Waals surface area contributed by atoms with Gasteiger partial charge in [0.25, 0.3) is 0 Å². The summed E-state index contributed by atoms with van der Waals surface area (Å²) in [5, 5.41) is 2.99. The van der Waals surface area contributed by atoms with Gasteiger partial charge in [-0.1, -0.05) is 43.2 Å². The van der Waals surface area contributed by atoms with Crippen LogP contribution in [0.15, 0.2) is 54.6 Å². The molecule has 2 aromatic carbocycles. The number of hydrogen-bond donors (Lipinski definition) is 1. The molecule has 3 heteroatoms. The smallest absolute Gasteiger partial charge is 0.224 e. The Labute approximate surface area is 131 Å². The van der Waals surface area contributed by atoms with E-state index in [1.165, 1.54) is 25.7 Å². The second-order valence-electron chi connectivity index (χ2n) is 5.81. The molecule has 1 amide bonds. The van der Waals surface area contributed by atoms with Gasteiger partial charge in [0.1, 0.15) is 5.75 Å². The number of hydrogen-bond acceptors (Lipinski definition) is 2. The van der Waals surface area contributed by atoms with Crippen LogP contribution in [0, 0.1) is 5.92 Å². The second-order valence-corrected chi connectivity index (χ2v) is 5.81. The van der Waals surface area contributed by atoms with E-state index in [0.717, 1.165) is 11.4 Å². The van der Waals surface area contributed by atoms with Gasteiger partial charge in [-0.25, -0.2) is 0 Å². The molecule has 0 aliphatic heterocycles. The predicted octanol–water partition coefficient (Wildman–Crippen LogP) is 5.00. The van der Waals surface area contributed by atoms with Gasteiger partial charge in [0, 0.05) is 6.42 Å². The highest BCUT2D eigenvalue weighted by Gasteiger charge is 2.19. The molecule has 114 valence electrons. The number of carbonyl (C=O) groups is 1. The van der Waals surface area contributed by atoms with Gasteiger partial charge in [-0.15, -0.1) is 0 Å². The van der Waals surface area contributed by atoms with Crippen molar-refractivity contribution in [2.75, 3.05) is 5.32 Å². The van der Waals surface area contributed by atoms with Gasteiger partial charge in [-0.05, 0) is 43.0 Å². The highest BCUT2D eigenvalue weighted by atomic mass is 16.5. The lowest BCUT2D eigenvalue weighted by atomic mass is 10.0. The molecular weight excluding hydrogens is 274 g/mol. The molecule has 2 aromatic rings. The zero-order valence-electron chi connectivity index (χ0n) is 12.6. The maximum absolute atomic E-state index is 12.2. The molecule has 1 fully saturated rings. The zero-order valence-corrected chi connectivity index (χ0v) is 12.6. The van der Waals surface area contributed by atoms with Crippen LogP contribution in [-0.4, -0.2) is 5.91 Å². The van der Waals surface area contributed by atoms with Gasteiger partial charge < -0.3 is 10.1 Å². The molecule has 0 atom stereocenters. The monoisotopic (exact) mass is 295 g/mol. The van der Waals surface area contributed by atoms with Crippen LogP contribution < -0.4 is 10.1 Å². The summed E-state index contributed by atoms with van der Waals surface area (Å²) >= 11 is 0. The van der Waals surface area contributed by atoms with Crippen molar-refractivity contribution in [3.8, 4) is 11.5 Å². The van der Waals surface area contributed by atoms with Crippen LogP contribution in [-0.2, 0) is 4.79 Å². The van der Waals surface area contributed by atoms with Crippen molar-refractivity contribution in [2.45, 2.75) is 32.1 Å². The normalized spacial score (nSPS) is 14.7. The van der Waals surface area contributed by atoms with Crippen molar-refractivity contribution in [2.24, 2.45) is 5.92 Å². The molecule has 22 heavy (non-hydrogen) atoms.